The van der Waals surface area contributed by atoms with Gasteiger partial charge in [0.15, 0.2) is 0 Å². The number of ether oxygens (including phenoxy) is 1. The minimum atomic E-state index is -0.264. The largest absolute Gasteiger partial charge is 0.469 e. The predicted octanol–water partition coefficient (Wildman–Crippen LogP) is 2.81. The van der Waals surface area contributed by atoms with Crippen molar-refractivity contribution >= 4 is 5.97 Å². The van der Waals surface area contributed by atoms with E-state index in [1.54, 1.807) is 19.1 Å². The minimum Gasteiger partial charge on any atom is -0.469 e. The van der Waals surface area contributed by atoms with E-state index < -0.39 is 0 Å². The lowest BCUT2D eigenvalue weighted by molar-refractivity contribution is -0.144. The fourth-order valence-electron chi connectivity index (χ4n) is 1.26. The zero-order valence-corrected chi connectivity index (χ0v) is 8.29. The van der Waals surface area contributed by atoms with Crippen molar-refractivity contribution in [2.24, 2.45) is 5.92 Å². The van der Waals surface area contributed by atoms with Gasteiger partial charge in [0.1, 0.15) is 5.82 Å². The van der Waals surface area contributed by atoms with Crippen molar-refractivity contribution in [1.29, 1.82) is 0 Å². The third-order valence-electron chi connectivity index (χ3n) is 2.06. The van der Waals surface area contributed by atoms with Crippen LogP contribution in [-0.4, -0.2) is 13.1 Å². The Morgan fingerprint density at radius 3 is 2.40 bits per heavy atom. The molecule has 1 aromatic carbocycles. The highest BCUT2D eigenvalue weighted by Gasteiger charge is 2.13. The molecule has 0 aliphatic heterocycles. The number of carbonyl (C=O) groups is 1. The zero-order valence-electron chi connectivity index (χ0n) is 8.29. The zero-order chi connectivity index (χ0) is 10.6. The number of halogens is 1. The molecular weight excluding hydrogens is 195 g/mol. The summed E-state index contributed by atoms with van der Waals surface area (Å²) in [7, 11) is 1.36. The van der Waals surface area contributed by atoms with Gasteiger partial charge < -0.3 is 4.74 Å². The van der Waals surface area contributed by atoms with Crippen molar-refractivity contribution < 1.29 is 13.9 Å². The van der Waals surface area contributed by atoms with Crippen molar-refractivity contribution in [2.45, 2.75) is 20.8 Å². The molecule has 2 nitrogen and oxygen atoms in total. The Labute approximate surface area is 90.1 Å². The van der Waals surface area contributed by atoms with Gasteiger partial charge in [0, 0.05) is 0 Å². The maximum absolute atomic E-state index is 12.6. The molecule has 0 bridgehead atoms. The van der Waals surface area contributed by atoms with Gasteiger partial charge >= 0.3 is 5.97 Å². The molecule has 0 aliphatic carbocycles. The maximum atomic E-state index is 12.6. The van der Waals surface area contributed by atoms with E-state index in [4.69, 9.17) is 0 Å². The summed E-state index contributed by atoms with van der Waals surface area (Å²) in [5.74, 6) is -0.695. The first-order chi connectivity index (χ1) is 6.63. The molecule has 1 atom stereocenters. The van der Waals surface area contributed by atoms with E-state index in [0.29, 0.717) is 6.42 Å². The third kappa shape index (κ3) is 4.11. The number of hydrogen-bond donors (Lipinski definition) is 0. The molecule has 0 saturated carbocycles. The molecule has 1 rings (SSSR count). The van der Waals surface area contributed by atoms with Crippen molar-refractivity contribution in [2.75, 3.05) is 7.11 Å². The van der Waals surface area contributed by atoms with Crippen molar-refractivity contribution in [3.05, 3.63) is 35.6 Å². The fourth-order valence-corrected chi connectivity index (χ4v) is 1.26. The molecular formula is C12H17FO2. The lowest BCUT2D eigenvalue weighted by Crippen LogP contribution is -2.14. The van der Waals surface area contributed by atoms with E-state index in [2.05, 4.69) is 4.74 Å². The highest BCUT2D eigenvalue weighted by molar-refractivity contribution is 5.72. The van der Waals surface area contributed by atoms with Gasteiger partial charge in [-0.3, -0.25) is 4.79 Å². The lowest BCUT2D eigenvalue weighted by atomic mass is 10.0. The molecule has 1 aromatic rings. The molecule has 0 saturated heterocycles. The first-order valence-electron chi connectivity index (χ1n) is 4.45. The van der Waals surface area contributed by atoms with E-state index in [-0.39, 0.29) is 25.1 Å². The van der Waals surface area contributed by atoms with Crippen LogP contribution in [0.5, 0.6) is 0 Å². The molecule has 0 fully saturated rings. The van der Waals surface area contributed by atoms with Crippen LogP contribution >= 0.6 is 0 Å². The Bertz CT molecular complexity index is 306. The SMILES string of the molecule is C.COC(=O)[C@H](C)Cc1ccc(F)cc1. The number of esters is 1. The summed E-state index contributed by atoms with van der Waals surface area (Å²) < 4.78 is 17.2. The highest BCUT2D eigenvalue weighted by atomic mass is 19.1. The van der Waals surface area contributed by atoms with Crippen LogP contribution in [0.25, 0.3) is 0 Å². The molecule has 15 heavy (non-hydrogen) atoms. The van der Waals surface area contributed by atoms with Crippen LogP contribution in [0.4, 0.5) is 4.39 Å². The summed E-state index contributed by atoms with van der Waals surface area (Å²) in [5, 5.41) is 0. The molecule has 0 spiro atoms. The first-order valence-corrected chi connectivity index (χ1v) is 4.45. The van der Waals surface area contributed by atoms with E-state index >= 15 is 0 Å². The first kappa shape index (κ1) is 13.6. The molecule has 0 heterocycles. The summed E-state index contributed by atoms with van der Waals surface area (Å²) in [5.41, 5.74) is 0.935. The van der Waals surface area contributed by atoms with Crippen molar-refractivity contribution in [3.63, 3.8) is 0 Å². The summed E-state index contributed by atoms with van der Waals surface area (Å²) in [6.07, 6.45) is 0.576. The number of hydrogen-bond acceptors (Lipinski definition) is 2. The second-order valence-electron chi connectivity index (χ2n) is 3.25. The highest BCUT2D eigenvalue weighted by Crippen LogP contribution is 2.10. The normalized spacial score (nSPS) is 11.4. The Kier molecular flexibility index (Phi) is 5.60. The Morgan fingerprint density at radius 1 is 1.40 bits per heavy atom. The average molecular weight is 212 g/mol. The number of methoxy groups -OCH3 is 1. The van der Waals surface area contributed by atoms with Crippen LogP contribution in [0.1, 0.15) is 19.9 Å². The van der Waals surface area contributed by atoms with Crippen LogP contribution in [0.2, 0.25) is 0 Å². The smallest absolute Gasteiger partial charge is 0.308 e. The van der Waals surface area contributed by atoms with Crippen LogP contribution in [0.3, 0.4) is 0 Å². The van der Waals surface area contributed by atoms with Gasteiger partial charge in [-0.2, -0.15) is 0 Å². The Hall–Kier alpha value is -1.38. The van der Waals surface area contributed by atoms with Gasteiger partial charge in [0.2, 0.25) is 0 Å². The minimum absolute atomic E-state index is 0. The maximum Gasteiger partial charge on any atom is 0.308 e. The number of carbonyl (C=O) groups excluding carboxylic acids is 1. The van der Waals surface area contributed by atoms with Crippen molar-refractivity contribution in [3.8, 4) is 0 Å². The lowest BCUT2D eigenvalue weighted by Gasteiger charge is -2.08. The van der Waals surface area contributed by atoms with Crippen LogP contribution < -0.4 is 0 Å². The molecule has 0 aliphatic rings. The average Bonchev–Trinajstić information content (AvgIpc) is 2.20. The number of rotatable bonds is 3. The predicted molar refractivity (Wildman–Crippen MR) is 58.0 cm³/mol. The molecule has 0 amide bonds. The Balaban J connectivity index is 0.00000196. The summed E-state index contributed by atoms with van der Waals surface area (Å²) in [6.45, 7) is 1.79. The summed E-state index contributed by atoms with van der Waals surface area (Å²) in [6, 6.07) is 6.13. The number of benzene rings is 1. The van der Waals surface area contributed by atoms with Gasteiger partial charge in [-0.25, -0.2) is 4.39 Å². The van der Waals surface area contributed by atoms with E-state index in [9.17, 15) is 9.18 Å². The fraction of sp³-hybridized carbons (Fsp3) is 0.417. The van der Waals surface area contributed by atoms with Gasteiger partial charge in [-0.15, -0.1) is 0 Å². The molecule has 0 unspecified atom stereocenters. The summed E-state index contributed by atoms with van der Waals surface area (Å²) in [4.78, 5) is 11.1. The summed E-state index contributed by atoms with van der Waals surface area (Å²) >= 11 is 0. The Morgan fingerprint density at radius 2 is 1.93 bits per heavy atom. The molecule has 3 heteroatoms. The molecule has 0 radical (unpaired) electrons. The third-order valence-corrected chi connectivity index (χ3v) is 2.06. The monoisotopic (exact) mass is 212 g/mol. The van der Waals surface area contributed by atoms with Gasteiger partial charge in [0.05, 0.1) is 13.0 Å². The standard InChI is InChI=1S/C11H13FO2.CH4/c1-8(11(13)14-2)7-9-3-5-10(12)6-4-9;/h3-6,8H,7H2,1-2H3;1H4/t8-;/m1./s1. The quantitative estimate of drug-likeness (QED) is 0.720. The van der Waals surface area contributed by atoms with Crippen LogP contribution in [-0.2, 0) is 16.0 Å². The van der Waals surface area contributed by atoms with E-state index in [0.717, 1.165) is 5.56 Å². The van der Waals surface area contributed by atoms with Gasteiger partial charge in [0.25, 0.3) is 0 Å². The second-order valence-corrected chi connectivity index (χ2v) is 3.25. The van der Waals surface area contributed by atoms with E-state index in [1.165, 1.54) is 19.2 Å². The van der Waals surface area contributed by atoms with E-state index in [1.807, 2.05) is 0 Å². The van der Waals surface area contributed by atoms with Crippen molar-refractivity contribution in [1.82, 2.24) is 0 Å². The molecule has 0 N–H and O–H groups in total. The second kappa shape index (κ2) is 6.17. The van der Waals surface area contributed by atoms with Crippen LogP contribution in [0, 0.1) is 11.7 Å². The van der Waals surface area contributed by atoms with Crippen LogP contribution in [0.15, 0.2) is 24.3 Å². The molecule has 0 aromatic heterocycles. The topological polar surface area (TPSA) is 26.3 Å². The van der Waals surface area contributed by atoms with Gasteiger partial charge in [-0.1, -0.05) is 26.5 Å². The van der Waals surface area contributed by atoms with Gasteiger partial charge in [-0.05, 0) is 24.1 Å². The molecule has 84 valence electrons.